The number of carbonyl (C=O) groups is 1. The van der Waals surface area contributed by atoms with Crippen molar-refractivity contribution in [2.75, 3.05) is 18.0 Å². The van der Waals surface area contributed by atoms with Crippen LogP contribution in [0.15, 0.2) is 65.7 Å². The summed E-state index contributed by atoms with van der Waals surface area (Å²) in [6, 6.07) is 15.6. The van der Waals surface area contributed by atoms with Crippen molar-refractivity contribution in [1.82, 2.24) is 4.98 Å². The molecule has 3 aromatic rings. The highest BCUT2D eigenvalue weighted by Gasteiger charge is 2.35. The van der Waals surface area contributed by atoms with Gasteiger partial charge in [-0.3, -0.25) is 14.1 Å². The third-order valence-electron chi connectivity index (χ3n) is 5.61. The molecule has 0 N–H and O–H groups in total. The Labute approximate surface area is 210 Å². The SMILES string of the molecule is COC(=O)CC[C@H]1CN(S(=O)(=O)c2cccc(C)c2)c2cc(/C=C/c3ncccc3Cl)ccc2O1. The van der Waals surface area contributed by atoms with E-state index in [4.69, 9.17) is 21.1 Å². The van der Waals surface area contributed by atoms with Gasteiger partial charge >= 0.3 is 5.97 Å². The van der Waals surface area contributed by atoms with Gasteiger partial charge in [0.25, 0.3) is 10.0 Å². The van der Waals surface area contributed by atoms with Gasteiger partial charge in [0, 0.05) is 12.6 Å². The summed E-state index contributed by atoms with van der Waals surface area (Å²) >= 11 is 6.19. The monoisotopic (exact) mass is 512 g/mol. The van der Waals surface area contributed by atoms with Crippen LogP contribution in [0, 0.1) is 6.92 Å². The average Bonchev–Trinajstić information content (AvgIpc) is 2.86. The number of sulfonamides is 1. The van der Waals surface area contributed by atoms with Crippen molar-refractivity contribution in [1.29, 1.82) is 0 Å². The average molecular weight is 513 g/mol. The first-order valence-corrected chi connectivity index (χ1v) is 12.9. The van der Waals surface area contributed by atoms with E-state index in [9.17, 15) is 13.2 Å². The van der Waals surface area contributed by atoms with Crippen LogP contribution in [0.4, 0.5) is 5.69 Å². The number of methoxy groups -OCH3 is 1. The van der Waals surface area contributed by atoms with E-state index in [1.165, 1.54) is 11.4 Å². The Balaban J connectivity index is 1.72. The van der Waals surface area contributed by atoms with Gasteiger partial charge in [0.1, 0.15) is 11.9 Å². The number of rotatable bonds is 7. The number of ether oxygens (including phenoxy) is 2. The fourth-order valence-corrected chi connectivity index (χ4v) is 5.58. The minimum Gasteiger partial charge on any atom is -0.486 e. The number of carbonyl (C=O) groups excluding carboxylic acids is 1. The van der Waals surface area contributed by atoms with Crippen molar-refractivity contribution in [3.63, 3.8) is 0 Å². The minimum absolute atomic E-state index is 0.0690. The van der Waals surface area contributed by atoms with Crippen molar-refractivity contribution in [2.24, 2.45) is 0 Å². The maximum absolute atomic E-state index is 13.7. The Morgan fingerprint density at radius 3 is 2.77 bits per heavy atom. The molecule has 0 amide bonds. The zero-order valence-corrected chi connectivity index (χ0v) is 20.9. The molecule has 182 valence electrons. The van der Waals surface area contributed by atoms with E-state index in [1.54, 1.807) is 54.7 Å². The first-order chi connectivity index (χ1) is 16.8. The quantitative estimate of drug-likeness (QED) is 0.408. The fourth-order valence-electron chi connectivity index (χ4n) is 3.79. The molecule has 0 fully saturated rings. The van der Waals surface area contributed by atoms with Gasteiger partial charge in [-0.15, -0.1) is 0 Å². The Hall–Kier alpha value is -3.36. The Morgan fingerprint density at radius 2 is 2.03 bits per heavy atom. The van der Waals surface area contributed by atoms with E-state index in [2.05, 4.69) is 4.98 Å². The molecule has 1 aliphatic rings. The molecule has 4 rings (SSSR count). The molecule has 35 heavy (non-hydrogen) atoms. The summed E-state index contributed by atoms with van der Waals surface area (Å²) in [6.45, 7) is 1.91. The molecular formula is C26H25ClN2O5S. The van der Waals surface area contributed by atoms with E-state index in [1.807, 2.05) is 25.1 Å². The maximum Gasteiger partial charge on any atom is 0.305 e. The number of hydrogen-bond donors (Lipinski definition) is 0. The summed E-state index contributed by atoms with van der Waals surface area (Å²) in [4.78, 5) is 16.1. The molecule has 0 unspecified atom stereocenters. The number of fused-ring (bicyclic) bond motifs is 1. The van der Waals surface area contributed by atoms with Gasteiger partial charge < -0.3 is 9.47 Å². The van der Waals surface area contributed by atoms with Crippen molar-refractivity contribution in [2.45, 2.75) is 30.8 Å². The zero-order chi connectivity index (χ0) is 25.0. The van der Waals surface area contributed by atoms with Crippen LogP contribution >= 0.6 is 11.6 Å². The lowest BCUT2D eigenvalue weighted by Gasteiger charge is -2.35. The summed E-state index contributed by atoms with van der Waals surface area (Å²) in [6.07, 6.45) is 5.18. The second kappa shape index (κ2) is 10.5. The number of anilines is 1. The van der Waals surface area contributed by atoms with E-state index < -0.39 is 16.1 Å². The summed E-state index contributed by atoms with van der Waals surface area (Å²) in [5.41, 5.74) is 2.63. The number of hydrogen-bond acceptors (Lipinski definition) is 6. The van der Waals surface area contributed by atoms with Gasteiger partial charge in [-0.2, -0.15) is 0 Å². The Kier molecular flexibility index (Phi) is 7.42. The van der Waals surface area contributed by atoms with Crippen LogP contribution < -0.4 is 9.04 Å². The summed E-state index contributed by atoms with van der Waals surface area (Å²) in [5.74, 6) is 0.0523. The first-order valence-electron chi connectivity index (χ1n) is 11.0. The molecule has 0 saturated heterocycles. The molecule has 9 heteroatoms. The van der Waals surface area contributed by atoms with Gasteiger partial charge in [-0.25, -0.2) is 8.42 Å². The molecule has 0 spiro atoms. The van der Waals surface area contributed by atoms with Crippen molar-refractivity contribution >= 4 is 45.4 Å². The van der Waals surface area contributed by atoms with Gasteiger partial charge in [-0.1, -0.05) is 35.9 Å². The normalized spacial score (nSPS) is 15.5. The van der Waals surface area contributed by atoms with E-state index in [0.29, 0.717) is 28.6 Å². The standard InChI is InChI=1S/C26H25ClN2O5S/c1-18-5-3-6-21(15-18)35(31,32)29-17-20(10-13-26(30)33-2)34-25-12-9-19(16-24(25)29)8-11-23-22(27)7-4-14-28-23/h3-9,11-12,14-16,20H,10,13,17H2,1-2H3/b11-8+/t20-/m0/s1. The summed E-state index contributed by atoms with van der Waals surface area (Å²) in [7, 11) is -2.57. The predicted molar refractivity (Wildman–Crippen MR) is 136 cm³/mol. The molecule has 2 heterocycles. The van der Waals surface area contributed by atoms with Crippen LogP contribution in [0.2, 0.25) is 5.02 Å². The highest BCUT2D eigenvalue weighted by Crippen LogP contribution is 2.39. The van der Waals surface area contributed by atoms with Gasteiger partial charge in [-0.05, 0) is 66.9 Å². The molecule has 1 atom stereocenters. The van der Waals surface area contributed by atoms with Crippen LogP contribution in [0.25, 0.3) is 12.2 Å². The molecule has 0 bridgehead atoms. The van der Waals surface area contributed by atoms with E-state index in [0.717, 1.165) is 11.1 Å². The molecular weight excluding hydrogens is 488 g/mol. The van der Waals surface area contributed by atoms with E-state index >= 15 is 0 Å². The fraction of sp³-hybridized carbons (Fsp3) is 0.231. The van der Waals surface area contributed by atoms with Crippen molar-refractivity contribution in [3.8, 4) is 5.75 Å². The topological polar surface area (TPSA) is 85.8 Å². The summed E-state index contributed by atoms with van der Waals surface area (Å²) in [5, 5.41) is 0.516. The van der Waals surface area contributed by atoms with E-state index in [-0.39, 0.29) is 23.8 Å². The Morgan fingerprint density at radius 1 is 1.20 bits per heavy atom. The molecule has 0 saturated carbocycles. The smallest absolute Gasteiger partial charge is 0.305 e. The molecule has 0 aliphatic carbocycles. The molecule has 1 aromatic heterocycles. The third-order valence-corrected chi connectivity index (χ3v) is 7.71. The minimum atomic E-state index is -3.89. The van der Waals surface area contributed by atoms with Gasteiger partial charge in [0.05, 0.1) is 35.0 Å². The predicted octanol–water partition coefficient (Wildman–Crippen LogP) is 5.12. The van der Waals surface area contributed by atoms with Crippen LogP contribution in [0.1, 0.15) is 29.7 Å². The van der Waals surface area contributed by atoms with Gasteiger partial charge in [0.2, 0.25) is 0 Å². The number of nitrogens with zero attached hydrogens (tertiary/aromatic N) is 2. The van der Waals surface area contributed by atoms with Crippen LogP contribution in [-0.4, -0.2) is 39.1 Å². The molecule has 1 aliphatic heterocycles. The number of halogens is 1. The van der Waals surface area contributed by atoms with Crippen LogP contribution in [0.3, 0.4) is 0 Å². The molecule has 7 nitrogen and oxygen atoms in total. The van der Waals surface area contributed by atoms with Crippen molar-refractivity contribution in [3.05, 3.63) is 82.6 Å². The number of aromatic nitrogens is 1. The maximum atomic E-state index is 13.7. The lowest BCUT2D eigenvalue weighted by atomic mass is 10.1. The van der Waals surface area contributed by atoms with Crippen LogP contribution in [0.5, 0.6) is 5.75 Å². The van der Waals surface area contributed by atoms with Crippen molar-refractivity contribution < 1.29 is 22.7 Å². The second-order valence-electron chi connectivity index (χ2n) is 8.14. The second-order valence-corrected chi connectivity index (χ2v) is 10.4. The number of benzene rings is 2. The molecule has 0 radical (unpaired) electrons. The number of aryl methyl sites for hydroxylation is 1. The number of esters is 1. The number of pyridine rings is 1. The molecule has 2 aromatic carbocycles. The third kappa shape index (κ3) is 5.66. The highest BCUT2D eigenvalue weighted by molar-refractivity contribution is 7.92. The first kappa shape index (κ1) is 24.8. The lowest BCUT2D eigenvalue weighted by Crippen LogP contribution is -2.43. The largest absolute Gasteiger partial charge is 0.486 e. The Bertz CT molecular complexity index is 1370. The lowest BCUT2D eigenvalue weighted by molar-refractivity contribution is -0.141. The zero-order valence-electron chi connectivity index (χ0n) is 19.3. The van der Waals surface area contributed by atoms with Gasteiger partial charge in [0.15, 0.2) is 0 Å². The van der Waals surface area contributed by atoms with Crippen LogP contribution in [-0.2, 0) is 19.6 Å². The summed E-state index contributed by atoms with van der Waals surface area (Å²) < 4.78 is 39.6. The highest BCUT2D eigenvalue weighted by atomic mass is 35.5.